The molecule has 1 aromatic carbocycles. The van der Waals surface area contributed by atoms with E-state index in [0.717, 1.165) is 22.8 Å². The van der Waals surface area contributed by atoms with Crippen molar-refractivity contribution >= 4 is 0 Å². The van der Waals surface area contributed by atoms with Crippen LogP contribution < -0.4 is 4.74 Å². The van der Waals surface area contributed by atoms with E-state index in [-0.39, 0.29) is 0 Å². The Morgan fingerprint density at radius 1 is 1.05 bits per heavy atom. The van der Waals surface area contributed by atoms with Crippen LogP contribution in [-0.4, -0.2) is 19.7 Å². The molecule has 3 rings (SSSR count). The Hall–Kier alpha value is -2.69. The second kappa shape index (κ2) is 5.13. The van der Waals surface area contributed by atoms with Gasteiger partial charge in [0.2, 0.25) is 5.88 Å². The molecule has 0 aliphatic carbocycles. The molecule has 0 N–H and O–H groups in total. The number of nitrogens with zero attached hydrogens (tertiary/aromatic N) is 4. The van der Waals surface area contributed by atoms with Crippen LogP contribution in [0.4, 0.5) is 0 Å². The molecule has 100 valence electrons. The van der Waals surface area contributed by atoms with Crippen molar-refractivity contribution in [3.63, 3.8) is 0 Å². The van der Waals surface area contributed by atoms with Gasteiger partial charge in [0.15, 0.2) is 0 Å². The van der Waals surface area contributed by atoms with Crippen LogP contribution in [0.2, 0.25) is 0 Å². The number of aromatic nitrogens is 4. The molecule has 5 nitrogen and oxygen atoms in total. The van der Waals surface area contributed by atoms with Crippen molar-refractivity contribution < 1.29 is 4.74 Å². The van der Waals surface area contributed by atoms with Gasteiger partial charge in [-0.25, -0.2) is 9.67 Å². The molecule has 0 unspecified atom stereocenters. The highest BCUT2D eigenvalue weighted by atomic mass is 16.5. The fraction of sp³-hybridized carbons (Fsp3) is 0.133. The van der Waals surface area contributed by atoms with Gasteiger partial charge in [-0.3, -0.25) is 4.98 Å². The normalized spacial score (nSPS) is 10.5. The summed E-state index contributed by atoms with van der Waals surface area (Å²) in [6, 6.07) is 9.75. The van der Waals surface area contributed by atoms with Gasteiger partial charge in [-0.2, -0.15) is 5.10 Å². The predicted octanol–water partition coefficient (Wildman–Crippen LogP) is 3.07. The van der Waals surface area contributed by atoms with Crippen LogP contribution in [0.25, 0.3) is 5.69 Å². The average Bonchev–Trinajstić information content (AvgIpc) is 2.80. The number of ether oxygens (including phenoxy) is 1. The van der Waals surface area contributed by atoms with Crippen molar-refractivity contribution in [1.29, 1.82) is 0 Å². The Bertz CT molecular complexity index is 704. The molecule has 0 bridgehead atoms. The van der Waals surface area contributed by atoms with E-state index in [1.165, 1.54) is 0 Å². The quantitative estimate of drug-likeness (QED) is 0.731. The summed E-state index contributed by atoms with van der Waals surface area (Å²) >= 11 is 0. The van der Waals surface area contributed by atoms with Crippen LogP contribution in [0.3, 0.4) is 0 Å². The van der Waals surface area contributed by atoms with Gasteiger partial charge in [0.25, 0.3) is 0 Å². The Morgan fingerprint density at radius 3 is 2.45 bits per heavy atom. The molecule has 3 aromatic rings. The third kappa shape index (κ3) is 2.51. The topological polar surface area (TPSA) is 52.8 Å². The highest BCUT2D eigenvalue weighted by molar-refractivity contribution is 5.39. The van der Waals surface area contributed by atoms with Crippen molar-refractivity contribution in [2.75, 3.05) is 0 Å². The fourth-order valence-electron chi connectivity index (χ4n) is 2.00. The lowest BCUT2D eigenvalue weighted by molar-refractivity contribution is 0.460. The number of hydrogen-bond acceptors (Lipinski definition) is 4. The van der Waals surface area contributed by atoms with Crippen LogP contribution in [0.5, 0.6) is 11.6 Å². The zero-order chi connectivity index (χ0) is 13.9. The lowest BCUT2D eigenvalue weighted by Gasteiger charge is -2.07. The molecule has 0 saturated heterocycles. The van der Waals surface area contributed by atoms with Gasteiger partial charge in [0.1, 0.15) is 5.75 Å². The van der Waals surface area contributed by atoms with E-state index >= 15 is 0 Å². The number of benzene rings is 1. The zero-order valence-corrected chi connectivity index (χ0v) is 11.3. The first-order valence-electron chi connectivity index (χ1n) is 6.30. The monoisotopic (exact) mass is 266 g/mol. The minimum absolute atomic E-state index is 0.478. The van der Waals surface area contributed by atoms with Crippen LogP contribution >= 0.6 is 0 Å². The molecule has 0 radical (unpaired) electrons. The minimum Gasteiger partial charge on any atom is -0.438 e. The summed E-state index contributed by atoms with van der Waals surface area (Å²) < 4.78 is 7.51. The summed E-state index contributed by atoms with van der Waals surface area (Å²) in [5.74, 6) is 1.20. The van der Waals surface area contributed by atoms with Gasteiger partial charge in [0, 0.05) is 18.1 Å². The summed E-state index contributed by atoms with van der Waals surface area (Å²) in [5, 5.41) is 4.45. The summed E-state index contributed by atoms with van der Waals surface area (Å²) in [4.78, 5) is 8.03. The summed E-state index contributed by atoms with van der Waals surface area (Å²) in [7, 11) is 0. The van der Waals surface area contributed by atoms with E-state index in [1.807, 2.05) is 48.9 Å². The molecule has 0 fully saturated rings. The van der Waals surface area contributed by atoms with Crippen molar-refractivity contribution in [2.45, 2.75) is 13.8 Å². The standard InChI is InChI=1S/C15H14N4O/c1-11-9-12(2)19(18-11)13-3-5-14(6-4-13)20-15-10-16-7-8-17-15/h3-10H,1-2H3. The van der Waals surface area contributed by atoms with E-state index in [1.54, 1.807) is 18.6 Å². The maximum atomic E-state index is 5.60. The van der Waals surface area contributed by atoms with Gasteiger partial charge >= 0.3 is 0 Å². The third-order valence-electron chi connectivity index (χ3n) is 2.85. The Kier molecular flexibility index (Phi) is 3.16. The molecule has 0 spiro atoms. The first kappa shape index (κ1) is 12.3. The molecule has 0 aliphatic rings. The van der Waals surface area contributed by atoms with E-state index < -0.39 is 0 Å². The van der Waals surface area contributed by atoms with Gasteiger partial charge < -0.3 is 4.74 Å². The van der Waals surface area contributed by atoms with Crippen LogP contribution in [0.15, 0.2) is 48.9 Å². The zero-order valence-electron chi connectivity index (χ0n) is 11.3. The molecular weight excluding hydrogens is 252 g/mol. The Labute approximate surface area is 116 Å². The molecule has 0 atom stereocenters. The molecule has 5 heteroatoms. The fourth-order valence-corrected chi connectivity index (χ4v) is 2.00. The van der Waals surface area contributed by atoms with Crippen molar-refractivity contribution in [3.05, 3.63) is 60.3 Å². The van der Waals surface area contributed by atoms with E-state index in [0.29, 0.717) is 5.88 Å². The van der Waals surface area contributed by atoms with Crippen molar-refractivity contribution in [3.8, 4) is 17.3 Å². The first-order chi connectivity index (χ1) is 9.72. The number of hydrogen-bond donors (Lipinski definition) is 0. The molecule has 2 aromatic heterocycles. The third-order valence-corrected chi connectivity index (χ3v) is 2.85. The second-order valence-electron chi connectivity index (χ2n) is 4.48. The second-order valence-corrected chi connectivity index (χ2v) is 4.48. The highest BCUT2D eigenvalue weighted by Gasteiger charge is 2.04. The molecule has 0 amide bonds. The summed E-state index contributed by atoms with van der Waals surface area (Å²) in [6.07, 6.45) is 4.79. The number of rotatable bonds is 3. The maximum absolute atomic E-state index is 5.60. The van der Waals surface area contributed by atoms with Crippen molar-refractivity contribution in [1.82, 2.24) is 19.7 Å². The number of aryl methyl sites for hydroxylation is 2. The van der Waals surface area contributed by atoms with E-state index in [2.05, 4.69) is 15.1 Å². The van der Waals surface area contributed by atoms with Crippen LogP contribution in [0.1, 0.15) is 11.4 Å². The van der Waals surface area contributed by atoms with Gasteiger partial charge in [0.05, 0.1) is 17.6 Å². The molecule has 0 aliphatic heterocycles. The first-order valence-corrected chi connectivity index (χ1v) is 6.30. The van der Waals surface area contributed by atoms with Gasteiger partial charge in [-0.1, -0.05) is 0 Å². The molecular formula is C15H14N4O. The molecule has 0 saturated carbocycles. The van der Waals surface area contributed by atoms with Gasteiger partial charge in [-0.05, 0) is 44.2 Å². The maximum Gasteiger partial charge on any atom is 0.237 e. The van der Waals surface area contributed by atoms with E-state index in [4.69, 9.17) is 4.74 Å². The summed E-state index contributed by atoms with van der Waals surface area (Å²) in [5.41, 5.74) is 3.11. The lowest BCUT2D eigenvalue weighted by Crippen LogP contribution is -1.98. The predicted molar refractivity (Wildman–Crippen MR) is 75.1 cm³/mol. The Balaban J connectivity index is 1.83. The largest absolute Gasteiger partial charge is 0.438 e. The van der Waals surface area contributed by atoms with Crippen molar-refractivity contribution in [2.24, 2.45) is 0 Å². The molecule has 2 heterocycles. The smallest absolute Gasteiger partial charge is 0.237 e. The average molecular weight is 266 g/mol. The Morgan fingerprint density at radius 2 is 1.85 bits per heavy atom. The van der Waals surface area contributed by atoms with E-state index in [9.17, 15) is 0 Å². The SMILES string of the molecule is Cc1cc(C)n(-c2ccc(Oc3cnccn3)cc2)n1. The van der Waals surface area contributed by atoms with Crippen LogP contribution in [-0.2, 0) is 0 Å². The molecule has 20 heavy (non-hydrogen) atoms. The van der Waals surface area contributed by atoms with Gasteiger partial charge in [-0.15, -0.1) is 0 Å². The summed E-state index contributed by atoms with van der Waals surface area (Å²) in [6.45, 7) is 4.01. The minimum atomic E-state index is 0.478. The highest BCUT2D eigenvalue weighted by Crippen LogP contribution is 2.20. The lowest BCUT2D eigenvalue weighted by atomic mass is 10.3. The van der Waals surface area contributed by atoms with Crippen LogP contribution in [0, 0.1) is 13.8 Å².